The number of rotatable bonds is 5. The molecule has 2 unspecified atom stereocenters. The van der Waals surface area contributed by atoms with Gasteiger partial charge in [0.05, 0.1) is 0 Å². The van der Waals surface area contributed by atoms with E-state index >= 15 is 0 Å². The molecule has 2 aromatic rings. The zero-order valence-electron chi connectivity index (χ0n) is 13.5. The summed E-state index contributed by atoms with van der Waals surface area (Å²) in [6.07, 6.45) is 2.89. The van der Waals surface area contributed by atoms with E-state index in [2.05, 4.69) is 30.3 Å². The maximum Gasteiger partial charge on any atom is 0.255 e. The van der Waals surface area contributed by atoms with E-state index in [-0.39, 0.29) is 31.0 Å². The molecule has 0 saturated carbocycles. The topological polar surface area (TPSA) is 78.3 Å². The summed E-state index contributed by atoms with van der Waals surface area (Å²) >= 11 is 0. The average Bonchev–Trinajstić information content (AvgIpc) is 2.56. The van der Waals surface area contributed by atoms with Gasteiger partial charge in [-0.15, -0.1) is 12.4 Å². The predicted octanol–water partition coefficient (Wildman–Crippen LogP) is 2.57. The number of carbonyl (C=O) groups excluding carboxylic acids is 1. The van der Waals surface area contributed by atoms with Crippen molar-refractivity contribution >= 4 is 18.3 Å². The van der Waals surface area contributed by atoms with Gasteiger partial charge in [-0.2, -0.15) is 0 Å². The van der Waals surface area contributed by atoms with Crippen molar-refractivity contribution in [3.8, 4) is 5.75 Å². The molecule has 0 aliphatic heterocycles. The van der Waals surface area contributed by atoms with Crippen molar-refractivity contribution in [3.05, 3.63) is 65.2 Å². The predicted molar refractivity (Wildman–Crippen MR) is 97.6 cm³/mol. The molecule has 0 bridgehead atoms. The number of hydrogen-bond acceptors (Lipinski definition) is 3. The Hall–Kier alpha value is -2.04. The summed E-state index contributed by atoms with van der Waals surface area (Å²) in [7, 11) is 0. The monoisotopic (exact) mass is 346 g/mol. The summed E-state index contributed by atoms with van der Waals surface area (Å²) in [4.78, 5) is 10.9. The van der Waals surface area contributed by atoms with Crippen LogP contribution in [0.15, 0.2) is 48.5 Å². The van der Waals surface area contributed by atoms with Gasteiger partial charge in [-0.1, -0.05) is 36.4 Å². The first-order valence-corrected chi connectivity index (χ1v) is 7.97. The van der Waals surface area contributed by atoms with E-state index in [1.54, 1.807) is 0 Å². The molecule has 5 heteroatoms. The van der Waals surface area contributed by atoms with E-state index in [1.807, 2.05) is 18.2 Å². The van der Waals surface area contributed by atoms with E-state index in [0.717, 1.165) is 19.3 Å². The highest BCUT2D eigenvalue weighted by molar-refractivity contribution is 5.85. The molecule has 4 N–H and O–H groups in total. The second-order valence-corrected chi connectivity index (χ2v) is 6.11. The maximum atomic E-state index is 10.9. The number of aryl methyl sites for hydroxylation is 1. The molecule has 2 atom stereocenters. The summed E-state index contributed by atoms with van der Waals surface area (Å²) in [5, 5.41) is 0. The molecule has 2 aromatic carbocycles. The number of ether oxygens (including phenoxy) is 1. The molecule has 0 aromatic heterocycles. The first kappa shape index (κ1) is 18.3. The number of carbonyl (C=O) groups is 1. The fourth-order valence-corrected chi connectivity index (χ4v) is 3.27. The van der Waals surface area contributed by atoms with Crippen molar-refractivity contribution in [3.63, 3.8) is 0 Å². The molecule has 0 heterocycles. The van der Waals surface area contributed by atoms with E-state index in [0.29, 0.717) is 5.75 Å². The molecule has 0 spiro atoms. The number of halogens is 1. The van der Waals surface area contributed by atoms with Gasteiger partial charge >= 0.3 is 0 Å². The molecular weight excluding hydrogens is 324 g/mol. The summed E-state index contributed by atoms with van der Waals surface area (Å²) in [5.41, 5.74) is 15.4. The second-order valence-electron chi connectivity index (χ2n) is 6.11. The third kappa shape index (κ3) is 4.28. The van der Waals surface area contributed by atoms with Gasteiger partial charge < -0.3 is 16.2 Å². The Bertz CT molecular complexity index is 691. The van der Waals surface area contributed by atoms with E-state index < -0.39 is 5.91 Å². The van der Waals surface area contributed by atoms with Gasteiger partial charge in [0, 0.05) is 12.0 Å². The van der Waals surface area contributed by atoms with Gasteiger partial charge in [0.2, 0.25) is 0 Å². The van der Waals surface area contributed by atoms with Crippen LogP contribution in [-0.4, -0.2) is 18.6 Å². The lowest BCUT2D eigenvalue weighted by molar-refractivity contribution is -0.119. The van der Waals surface area contributed by atoms with Crippen molar-refractivity contribution in [2.45, 2.75) is 31.2 Å². The Balaban J connectivity index is 0.00000208. The first-order chi connectivity index (χ1) is 11.1. The standard InChI is InChI=1S/C19H22N2O2.ClH/c20-18-9-7-14-6-8-15(23-12-19(21)22)11-16(14)17(18)10-13-4-2-1-3-5-13;/h1-6,8,11,17-18H,7,9-10,12,20H2,(H2,21,22);1H. The van der Waals surface area contributed by atoms with Crippen molar-refractivity contribution in [2.75, 3.05) is 6.61 Å². The van der Waals surface area contributed by atoms with Crippen LogP contribution in [0.5, 0.6) is 5.75 Å². The van der Waals surface area contributed by atoms with Crippen LogP contribution in [0, 0.1) is 0 Å². The van der Waals surface area contributed by atoms with Gasteiger partial charge in [-0.05, 0) is 48.1 Å². The summed E-state index contributed by atoms with van der Waals surface area (Å²) < 4.78 is 5.45. The number of fused-ring (bicyclic) bond motifs is 1. The van der Waals surface area contributed by atoms with Crippen LogP contribution in [0.3, 0.4) is 0 Å². The summed E-state index contributed by atoms with van der Waals surface area (Å²) in [5.74, 6) is 0.466. The molecule has 3 rings (SSSR count). The Morgan fingerprint density at radius 2 is 1.92 bits per heavy atom. The van der Waals surface area contributed by atoms with Crippen molar-refractivity contribution in [2.24, 2.45) is 11.5 Å². The molecule has 0 saturated heterocycles. The number of nitrogens with two attached hydrogens (primary N) is 2. The zero-order chi connectivity index (χ0) is 16.2. The van der Waals surface area contributed by atoms with Crippen LogP contribution < -0.4 is 16.2 Å². The van der Waals surface area contributed by atoms with Crippen LogP contribution in [0.1, 0.15) is 29.0 Å². The van der Waals surface area contributed by atoms with Gasteiger partial charge in [0.1, 0.15) is 5.75 Å². The minimum absolute atomic E-state index is 0. The quantitative estimate of drug-likeness (QED) is 0.873. The zero-order valence-corrected chi connectivity index (χ0v) is 14.3. The Kier molecular flexibility index (Phi) is 6.23. The number of hydrogen-bond donors (Lipinski definition) is 2. The molecule has 1 aliphatic rings. The fourth-order valence-electron chi connectivity index (χ4n) is 3.27. The third-order valence-corrected chi connectivity index (χ3v) is 4.46. The second kappa shape index (κ2) is 8.18. The molecule has 24 heavy (non-hydrogen) atoms. The van der Waals surface area contributed by atoms with Gasteiger partial charge in [-0.3, -0.25) is 4.79 Å². The van der Waals surface area contributed by atoms with Crippen molar-refractivity contribution < 1.29 is 9.53 Å². The van der Waals surface area contributed by atoms with E-state index in [9.17, 15) is 4.79 Å². The molecule has 0 fully saturated rings. The lowest BCUT2D eigenvalue weighted by Gasteiger charge is -2.32. The van der Waals surface area contributed by atoms with Crippen LogP contribution in [0.2, 0.25) is 0 Å². The summed E-state index contributed by atoms with van der Waals surface area (Å²) in [6, 6.07) is 16.5. The number of primary amides is 1. The Morgan fingerprint density at radius 3 is 2.62 bits per heavy atom. The normalized spacial score (nSPS) is 19.0. The lowest BCUT2D eigenvalue weighted by atomic mass is 9.76. The molecule has 128 valence electrons. The molecule has 1 amide bonds. The molecule has 0 radical (unpaired) electrons. The SMILES string of the molecule is Cl.NC(=O)COc1ccc2c(c1)C(Cc1ccccc1)C(N)CC2. The summed E-state index contributed by atoms with van der Waals surface area (Å²) in [6.45, 7) is -0.103. The molecule has 4 nitrogen and oxygen atoms in total. The highest BCUT2D eigenvalue weighted by Gasteiger charge is 2.27. The highest BCUT2D eigenvalue weighted by Crippen LogP contribution is 2.35. The van der Waals surface area contributed by atoms with Crippen LogP contribution in [0.25, 0.3) is 0 Å². The lowest BCUT2D eigenvalue weighted by Crippen LogP contribution is -2.34. The van der Waals surface area contributed by atoms with Crippen molar-refractivity contribution in [1.82, 2.24) is 0 Å². The maximum absolute atomic E-state index is 10.9. The van der Waals surface area contributed by atoms with Crippen LogP contribution >= 0.6 is 12.4 Å². The Morgan fingerprint density at radius 1 is 1.17 bits per heavy atom. The van der Waals surface area contributed by atoms with Gasteiger partial charge in [0.25, 0.3) is 5.91 Å². The number of amides is 1. The Labute approximate surface area is 148 Å². The average molecular weight is 347 g/mol. The minimum Gasteiger partial charge on any atom is -0.484 e. The largest absolute Gasteiger partial charge is 0.484 e. The van der Waals surface area contributed by atoms with Gasteiger partial charge in [-0.25, -0.2) is 0 Å². The highest BCUT2D eigenvalue weighted by atomic mass is 35.5. The number of benzene rings is 2. The fraction of sp³-hybridized carbons (Fsp3) is 0.316. The van der Waals surface area contributed by atoms with Crippen LogP contribution in [-0.2, 0) is 17.6 Å². The van der Waals surface area contributed by atoms with Crippen LogP contribution in [0.4, 0.5) is 0 Å². The molecule has 1 aliphatic carbocycles. The van der Waals surface area contributed by atoms with E-state index in [4.69, 9.17) is 16.2 Å². The van der Waals surface area contributed by atoms with Gasteiger partial charge in [0.15, 0.2) is 6.61 Å². The minimum atomic E-state index is -0.472. The smallest absolute Gasteiger partial charge is 0.255 e. The molecular formula is C19H23ClN2O2. The van der Waals surface area contributed by atoms with Crippen molar-refractivity contribution in [1.29, 1.82) is 0 Å². The first-order valence-electron chi connectivity index (χ1n) is 7.97. The third-order valence-electron chi connectivity index (χ3n) is 4.46. The van der Waals surface area contributed by atoms with E-state index in [1.165, 1.54) is 16.7 Å².